The zero-order valence-corrected chi connectivity index (χ0v) is 6.05. The predicted octanol–water partition coefficient (Wildman–Crippen LogP) is -2.75. The van der Waals surface area contributed by atoms with Crippen LogP contribution in [0.4, 0.5) is 0 Å². The van der Waals surface area contributed by atoms with Crippen LogP contribution in [0.25, 0.3) is 0 Å². The molecule has 0 radical (unpaired) electrons. The Bertz CT molecular complexity index is 78.1. The molecule has 0 spiro atoms. The molecule has 0 aromatic rings. The fourth-order valence-corrected chi connectivity index (χ4v) is 0.0354. The van der Waals surface area contributed by atoms with E-state index in [0.29, 0.717) is 0 Å². The first-order valence-electron chi connectivity index (χ1n) is 1.15. The van der Waals surface area contributed by atoms with Crippen molar-refractivity contribution in [3.63, 3.8) is 0 Å². The smallest absolute Gasteiger partial charge is 0.870 e. The molecule has 0 aliphatic heterocycles. The summed E-state index contributed by atoms with van der Waals surface area (Å²) in [5, 5.41) is 15.2. The molecule has 0 rings (SSSR count). The topological polar surface area (TPSA) is 77.6 Å². The third-order valence-electron chi connectivity index (χ3n) is 0.158. The van der Waals surface area contributed by atoms with Gasteiger partial charge >= 0.3 is 29.6 Å². The first kappa shape index (κ1) is 15.8. The number of hydrogen-bond acceptors (Lipinski definition) is 3. The van der Waals surface area contributed by atoms with E-state index in [1.165, 1.54) is 0 Å². The van der Waals surface area contributed by atoms with Crippen LogP contribution in [-0.2, 0) is 0 Å². The largest absolute Gasteiger partial charge is 1.00 e. The molecule has 0 atom stereocenters. The molecule has 0 unspecified atom stereocenters. The summed E-state index contributed by atoms with van der Waals surface area (Å²) in [6, 6.07) is 3.31. The Labute approximate surface area is 64.1 Å². The Balaban J connectivity index is -0.0000000800. The molecule has 0 saturated heterocycles. The average molecular weight is 106 g/mol. The van der Waals surface area contributed by atoms with Crippen LogP contribution in [0.3, 0.4) is 0 Å². The fraction of sp³-hybridized carbons (Fsp3) is 0.333. The molecule has 0 saturated carbocycles. The summed E-state index contributed by atoms with van der Waals surface area (Å²) >= 11 is 0. The maximum absolute atomic E-state index is 7.59. The van der Waals surface area contributed by atoms with Crippen LogP contribution >= 0.6 is 0 Å². The van der Waals surface area contributed by atoms with Crippen molar-refractivity contribution < 1.29 is 35.0 Å². The minimum atomic E-state index is 0. The Morgan fingerprint density at radius 3 is 1.43 bits per heavy atom. The van der Waals surface area contributed by atoms with E-state index in [4.69, 9.17) is 10.5 Å². The van der Waals surface area contributed by atoms with Crippen molar-refractivity contribution in [3.8, 4) is 12.1 Å². The molecule has 4 heteroatoms. The van der Waals surface area contributed by atoms with Gasteiger partial charge in [-0.15, -0.1) is 0 Å². The Morgan fingerprint density at radius 1 is 1.14 bits per heavy atom. The van der Waals surface area contributed by atoms with Crippen molar-refractivity contribution in [1.82, 2.24) is 0 Å². The van der Waals surface area contributed by atoms with Crippen molar-refractivity contribution in [2.75, 3.05) is 0 Å². The molecule has 0 bridgehead atoms. The SMILES string of the molecule is N#CCC#N.[Na+].[OH-]. The van der Waals surface area contributed by atoms with Crippen LogP contribution in [0, 0.1) is 22.7 Å². The van der Waals surface area contributed by atoms with Crippen LogP contribution in [0.5, 0.6) is 0 Å². The van der Waals surface area contributed by atoms with Gasteiger partial charge in [-0.05, 0) is 0 Å². The van der Waals surface area contributed by atoms with Gasteiger partial charge in [-0.25, -0.2) is 0 Å². The molecule has 0 aromatic carbocycles. The quantitative estimate of drug-likeness (QED) is 0.314. The molecule has 32 valence electrons. The van der Waals surface area contributed by atoms with Gasteiger partial charge in [-0.1, -0.05) is 0 Å². The first-order chi connectivity index (χ1) is 2.41. The van der Waals surface area contributed by atoms with Crippen molar-refractivity contribution >= 4 is 0 Å². The van der Waals surface area contributed by atoms with E-state index in [9.17, 15) is 0 Å². The number of nitriles is 2. The first-order valence-corrected chi connectivity index (χ1v) is 1.15. The van der Waals surface area contributed by atoms with Gasteiger partial charge in [-0.2, -0.15) is 10.5 Å². The number of nitrogens with zero attached hydrogens (tertiary/aromatic N) is 2. The zero-order valence-electron chi connectivity index (χ0n) is 4.05. The van der Waals surface area contributed by atoms with E-state index in [1.54, 1.807) is 12.1 Å². The summed E-state index contributed by atoms with van der Waals surface area (Å²) in [4.78, 5) is 0. The molecular formula is C3H3N2NaO. The molecule has 0 amide bonds. The van der Waals surface area contributed by atoms with Crippen LogP contribution in [0.15, 0.2) is 0 Å². The molecule has 1 N–H and O–H groups in total. The summed E-state index contributed by atoms with van der Waals surface area (Å²) < 4.78 is 0. The molecule has 0 aromatic heterocycles. The molecule has 0 aliphatic rings. The van der Waals surface area contributed by atoms with Gasteiger partial charge in [0.1, 0.15) is 6.42 Å². The van der Waals surface area contributed by atoms with E-state index < -0.39 is 0 Å². The summed E-state index contributed by atoms with van der Waals surface area (Å²) in [5.41, 5.74) is 0. The van der Waals surface area contributed by atoms with Crippen molar-refractivity contribution in [3.05, 3.63) is 0 Å². The van der Waals surface area contributed by atoms with Gasteiger partial charge in [0.2, 0.25) is 0 Å². The Morgan fingerprint density at radius 2 is 1.43 bits per heavy atom. The monoisotopic (exact) mass is 106 g/mol. The molecule has 0 fully saturated rings. The molecule has 0 heterocycles. The Hall–Kier alpha value is -0.0600. The van der Waals surface area contributed by atoms with E-state index in [2.05, 4.69) is 0 Å². The fourth-order valence-electron chi connectivity index (χ4n) is 0.0354. The van der Waals surface area contributed by atoms with E-state index >= 15 is 0 Å². The summed E-state index contributed by atoms with van der Waals surface area (Å²) in [6.45, 7) is 0. The van der Waals surface area contributed by atoms with E-state index in [1.807, 2.05) is 0 Å². The Kier molecular flexibility index (Phi) is 37.8. The van der Waals surface area contributed by atoms with Crippen molar-refractivity contribution in [2.24, 2.45) is 0 Å². The minimum absolute atomic E-state index is 0. The summed E-state index contributed by atoms with van der Waals surface area (Å²) in [5.74, 6) is 0. The van der Waals surface area contributed by atoms with Gasteiger partial charge in [0.25, 0.3) is 0 Å². The van der Waals surface area contributed by atoms with Crippen molar-refractivity contribution in [1.29, 1.82) is 10.5 Å². The van der Waals surface area contributed by atoms with Gasteiger partial charge < -0.3 is 5.48 Å². The van der Waals surface area contributed by atoms with Gasteiger partial charge in [-0.3, -0.25) is 0 Å². The standard InChI is InChI=1S/C3H2N2.Na.H2O/c4-2-1-3-5;;/h1H2;;1H2/q;+1;/p-1. The zero-order chi connectivity index (χ0) is 4.12. The summed E-state index contributed by atoms with van der Waals surface area (Å²) in [7, 11) is 0. The van der Waals surface area contributed by atoms with Gasteiger partial charge in [0, 0.05) is 0 Å². The normalized spacial score (nSPS) is 3.14. The summed E-state index contributed by atoms with van der Waals surface area (Å²) in [6.07, 6.45) is 0. The molecule has 0 aliphatic carbocycles. The molecule has 3 nitrogen and oxygen atoms in total. The van der Waals surface area contributed by atoms with Crippen molar-refractivity contribution in [2.45, 2.75) is 6.42 Å². The number of rotatable bonds is 0. The maximum Gasteiger partial charge on any atom is 1.00 e. The van der Waals surface area contributed by atoms with Crippen LogP contribution < -0.4 is 29.6 Å². The van der Waals surface area contributed by atoms with Crippen LogP contribution in [-0.4, -0.2) is 5.48 Å². The van der Waals surface area contributed by atoms with Gasteiger partial charge in [0.05, 0.1) is 12.1 Å². The second kappa shape index (κ2) is 16.8. The second-order valence-electron chi connectivity index (χ2n) is 0.493. The van der Waals surface area contributed by atoms with Crippen LogP contribution in [0.1, 0.15) is 6.42 Å². The maximum atomic E-state index is 7.59. The average Bonchev–Trinajstić information content (AvgIpc) is 1.41. The van der Waals surface area contributed by atoms with Crippen LogP contribution in [0.2, 0.25) is 0 Å². The minimum Gasteiger partial charge on any atom is -0.870 e. The second-order valence-corrected chi connectivity index (χ2v) is 0.493. The number of hydrogen-bond donors (Lipinski definition) is 0. The van der Waals surface area contributed by atoms with E-state index in [0.717, 1.165) is 0 Å². The van der Waals surface area contributed by atoms with Gasteiger partial charge in [0.15, 0.2) is 0 Å². The third-order valence-corrected chi connectivity index (χ3v) is 0.158. The molecular weight excluding hydrogens is 103 g/mol. The third kappa shape index (κ3) is 24.5. The molecule has 7 heavy (non-hydrogen) atoms. The predicted molar refractivity (Wildman–Crippen MR) is 17.8 cm³/mol. The van der Waals surface area contributed by atoms with E-state index in [-0.39, 0.29) is 41.5 Å².